The molecule has 0 radical (unpaired) electrons. The van der Waals surface area contributed by atoms with Gasteiger partial charge in [-0.3, -0.25) is 0 Å². The van der Waals surface area contributed by atoms with Gasteiger partial charge in [0.25, 0.3) is 0 Å². The fraction of sp³-hybridized carbons (Fsp3) is 0.286. The maximum atomic E-state index is 12.4. The van der Waals surface area contributed by atoms with E-state index in [4.69, 9.17) is 9.47 Å². The molecule has 1 unspecified atom stereocenters. The highest BCUT2D eigenvalue weighted by molar-refractivity contribution is 5.92. The third-order valence-corrected chi connectivity index (χ3v) is 5.44. The van der Waals surface area contributed by atoms with Crippen LogP contribution in [-0.4, -0.2) is 11.9 Å². The molecule has 0 heterocycles. The van der Waals surface area contributed by atoms with Crippen LogP contribution < -0.4 is 9.47 Å². The predicted octanol–water partition coefficient (Wildman–Crippen LogP) is 6.67. The van der Waals surface area contributed by atoms with Gasteiger partial charge >= 0.3 is 11.9 Å². The number of carbonyl (C=O) groups is 2. The molecule has 0 aliphatic rings. The number of rotatable bonds is 9. The first-order valence-corrected chi connectivity index (χ1v) is 11.2. The number of benzene rings is 3. The molecule has 4 heteroatoms. The van der Waals surface area contributed by atoms with Crippen LogP contribution in [0.25, 0.3) is 0 Å². The van der Waals surface area contributed by atoms with E-state index < -0.39 is 11.9 Å². The summed E-state index contributed by atoms with van der Waals surface area (Å²) in [6, 6.07) is 21.4. The number of hydrogen-bond donors (Lipinski definition) is 0. The van der Waals surface area contributed by atoms with E-state index >= 15 is 0 Å². The first-order valence-electron chi connectivity index (χ1n) is 11.2. The van der Waals surface area contributed by atoms with Crippen molar-refractivity contribution in [3.8, 4) is 11.5 Å². The second-order valence-corrected chi connectivity index (χ2v) is 8.11. The van der Waals surface area contributed by atoms with Gasteiger partial charge in [-0.1, -0.05) is 57.9 Å². The van der Waals surface area contributed by atoms with Gasteiger partial charge < -0.3 is 9.47 Å². The normalized spacial score (nSPS) is 11.6. The minimum Gasteiger partial charge on any atom is -0.423 e. The Morgan fingerprint density at radius 3 is 1.59 bits per heavy atom. The summed E-state index contributed by atoms with van der Waals surface area (Å²) in [6.07, 6.45) is 4.18. The summed E-state index contributed by atoms with van der Waals surface area (Å²) < 4.78 is 10.9. The SMILES string of the molecule is CCCc1ccc(OC(=O)c2ccc(OC(=O)c3ccc(CC(C)CC)cc3)cc2)cc1. The molecule has 3 rings (SSSR count). The summed E-state index contributed by atoms with van der Waals surface area (Å²) in [5.41, 5.74) is 3.30. The molecule has 0 aliphatic carbocycles. The van der Waals surface area contributed by atoms with Crippen LogP contribution in [0.2, 0.25) is 0 Å². The maximum absolute atomic E-state index is 12.4. The molecule has 0 spiro atoms. The van der Waals surface area contributed by atoms with E-state index in [1.54, 1.807) is 48.5 Å². The van der Waals surface area contributed by atoms with E-state index in [1.807, 2.05) is 24.3 Å². The molecule has 4 nitrogen and oxygen atoms in total. The molecule has 3 aromatic rings. The average Bonchev–Trinajstić information content (AvgIpc) is 2.81. The van der Waals surface area contributed by atoms with Gasteiger partial charge in [0.05, 0.1) is 11.1 Å². The van der Waals surface area contributed by atoms with Crippen molar-refractivity contribution in [1.29, 1.82) is 0 Å². The summed E-state index contributed by atoms with van der Waals surface area (Å²) in [5, 5.41) is 0. The van der Waals surface area contributed by atoms with Crippen molar-refractivity contribution in [3.63, 3.8) is 0 Å². The second-order valence-electron chi connectivity index (χ2n) is 8.11. The van der Waals surface area contributed by atoms with Crippen LogP contribution in [0.4, 0.5) is 0 Å². The molecule has 0 aliphatic heterocycles. The zero-order valence-electron chi connectivity index (χ0n) is 19.0. The lowest BCUT2D eigenvalue weighted by atomic mass is 9.98. The topological polar surface area (TPSA) is 52.6 Å². The number of ether oxygens (including phenoxy) is 2. The fourth-order valence-corrected chi connectivity index (χ4v) is 3.33. The fourth-order valence-electron chi connectivity index (χ4n) is 3.33. The van der Waals surface area contributed by atoms with Gasteiger partial charge in [0.2, 0.25) is 0 Å². The predicted molar refractivity (Wildman–Crippen MR) is 126 cm³/mol. The van der Waals surface area contributed by atoms with Crippen molar-refractivity contribution in [3.05, 3.63) is 95.1 Å². The van der Waals surface area contributed by atoms with Gasteiger partial charge in [0.15, 0.2) is 0 Å². The highest BCUT2D eigenvalue weighted by atomic mass is 16.5. The molecule has 0 amide bonds. The molecule has 0 saturated heterocycles. The molecule has 1 atom stereocenters. The Kier molecular flexibility index (Phi) is 8.20. The van der Waals surface area contributed by atoms with Crippen LogP contribution in [0.15, 0.2) is 72.8 Å². The number of esters is 2. The van der Waals surface area contributed by atoms with Gasteiger partial charge in [-0.25, -0.2) is 9.59 Å². The number of hydrogen-bond acceptors (Lipinski definition) is 4. The molecule has 0 bridgehead atoms. The molecule has 32 heavy (non-hydrogen) atoms. The van der Waals surface area contributed by atoms with Crippen molar-refractivity contribution in [2.45, 2.75) is 46.5 Å². The van der Waals surface area contributed by atoms with Crippen molar-refractivity contribution in [2.24, 2.45) is 5.92 Å². The van der Waals surface area contributed by atoms with Crippen LogP contribution in [0.3, 0.4) is 0 Å². The van der Waals surface area contributed by atoms with Crippen LogP contribution in [0, 0.1) is 5.92 Å². The minimum atomic E-state index is -0.456. The molecular formula is C28H30O4. The molecule has 0 N–H and O–H groups in total. The smallest absolute Gasteiger partial charge is 0.343 e. The monoisotopic (exact) mass is 430 g/mol. The third-order valence-electron chi connectivity index (χ3n) is 5.44. The summed E-state index contributed by atoms with van der Waals surface area (Å²) >= 11 is 0. The Balaban J connectivity index is 1.56. The maximum Gasteiger partial charge on any atom is 0.343 e. The third kappa shape index (κ3) is 6.55. The highest BCUT2D eigenvalue weighted by Gasteiger charge is 2.12. The Hall–Kier alpha value is -3.40. The first kappa shape index (κ1) is 23.3. The molecule has 0 fully saturated rings. The first-order chi connectivity index (χ1) is 15.5. The van der Waals surface area contributed by atoms with Crippen LogP contribution in [0.5, 0.6) is 11.5 Å². The Morgan fingerprint density at radius 1 is 0.688 bits per heavy atom. The zero-order valence-corrected chi connectivity index (χ0v) is 19.0. The number of aryl methyl sites for hydroxylation is 1. The van der Waals surface area contributed by atoms with E-state index in [0.717, 1.165) is 25.7 Å². The molecule has 0 saturated carbocycles. The second kappa shape index (κ2) is 11.3. The standard InChI is InChI=1S/C28H30O4/c1-4-6-21-9-15-25(16-10-21)31-28(30)24-13-17-26(18-14-24)32-27(29)23-11-7-22(8-12-23)19-20(3)5-2/h7-18,20H,4-6,19H2,1-3H3. The van der Waals surface area contributed by atoms with Gasteiger partial charge in [-0.15, -0.1) is 0 Å². The Morgan fingerprint density at radius 2 is 1.12 bits per heavy atom. The minimum absolute atomic E-state index is 0.374. The summed E-state index contributed by atoms with van der Waals surface area (Å²) in [5.74, 6) is 0.602. The van der Waals surface area contributed by atoms with Crippen molar-refractivity contribution in [2.75, 3.05) is 0 Å². The van der Waals surface area contributed by atoms with E-state index in [9.17, 15) is 9.59 Å². The van der Waals surface area contributed by atoms with Crippen molar-refractivity contribution < 1.29 is 19.1 Å². The molecule has 3 aromatic carbocycles. The lowest BCUT2D eigenvalue weighted by molar-refractivity contribution is 0.0730. The number of carbonyl (C=O) groups excluding carboxylic acids is 2. The van der Waals surface area contributed by atoms with Gasteiger partial charge in [-0.05, 0) is 78.4 Å². The van der Waals surface area contributed by atoms with E-state index in [0.29, 0.717) is 28.5 Å². The molecule has 0 aromatic heterocycles. The highest BCUT2D eigenvalue weighted by Crippen LogP contribution is 2.19. The largest absolute Gasteiger partial charge is 0.423 e. The molecular weight excluding hydrogens is 400 g/mol. The van der Waals surface area contributed by atoms with Gasteiger partial charge in [0, 0.05) is 0 Å². The van der Waals surface area contributed by atoms with Gasteiger partial charge in [0.1, 0.15) is 11.5 Å². The van der Waals surface area contributed by atoms with Crippen LogP contribution in [0.1, 0.15) is 65.5 Å². The Bertz CT molecular complexity index is 1020. The average molecular weight is 431 g/mol. The zero-order chi connectivity index (χ0) is 22.9. The van der Waals surface area contributed by atoms with E-state index in [1.165, 1.54) is 11.1 Å². The quantitative estimate of drug-likeness (QED) is 0.281. The Labute approximate surface area is 190 Å². The van der Waals surface area contributed by atoms with Crippen molar-refractivity contribution >= 4 is 11.9 Å². The summed E-state index contributed by atoms with van der Waals surface area (Å²) in [6.45, 7) is 6.51. The van der Waals surface area contributed by atoms with E-state index in [-0.39, 0.29) is 0 Å². The van der Waals surface area contributed by atoms with E-state index in [2.05, 4.69) is 20.8 Å². The lowest BCUT2D eigenvalue weighted by Gasteiger charge is -2.09. The van der Waals surface area contributed by atoms with Crippen LogP contribution in [-0.2, 0) is 12.8 Å². The molecule has 166 valence electrons. The van der Waals surface area contributed by atoms with Crippen LogP contribution >= 0.6 is 0 Å². The summed E-state index contributed by atoms with van der Waals surface area (Å²) in [4.78, 5) is 24.8. The van der Waals surface area contributed by atoms with Crippen molar-refractivity contribution in [1.82, 2.24) is 0 Å². The lowest BCUT2D eigenvalue weighted by Crippen LogP contribution is -2.10. The summed E-state index contributed by atoms with van der Waals surface area (Å²) in [7, 11) is 0. The van der Waals surface area contributed by atoms with Gasteiger partial charge in [-0.2, -0.15) is 0 Å².